The molecule has 0 aliphatic carbocycles. The molecule has 3 aromatic rings. The molecule has 1 N–H and O–H groups in total. The third-order valence-electron chi connectivity index (χ3n) is 3.70. The molecular formula is C20H19N3O3. The normalized spacial score (nSPS) is 10.7. The lowest BCUT2D eigenvalue weighted by Crippen LogP contribution is -2.07. The van der Waals surface area contributed by atoms with Crippen LogP contribution in [0.25, 0.3) is 11.8 Å². The van der Waals surface area contributed by atoms with Gasteiger partial charge in [0.2, 0.25) is 5.91 Å². The number of nitrogens with zero attached hydrogens (tertiary/aromatic N) is 2. The molecule has 0 saturated heterocycles. The van der Waals surface area contributed by atoms with E-state index in [4.69, 9.17) is 9.47 Å². The Morgan fingerprint density at radius 3 is 2.58 bits per heavy atom. The molecule has 132 valence electrons. The predicted octanol–water partition coefficient (Wildman–Crippen LogP) is 3.54. The molecule has 0 radical (unpaired) electrons. The number of carbonyl (C=O) groups is 1. The summed E-state index contributed by atoms with van der Waals surface area (Å²) >= 11 is 0. The molecule has 0 spiro atoms. The molecule has 3 rings (SSSR count). The highest BCUT2D eigenvalue weighted by molar-refractivity contribution is 6.02. The maximum Gasteiger partial charge on any atom is 0.248 e. The van der Waals surface area contributed by atoms with E-state index >= 15 is 0 Å². The fourth-order valence-corrected chi connectivity index (χ4v) is 2.41. The number of para-hydroxylation sites is 1. The van der Waals surface area contributed by atoms with Crippen molar-refractivity contribution < 1.29 is 14.3 Å². The van der Waals surface area contributed by atoms with E-state index in [1.165, 1.54) is 6.08 Å². The molecule has 0 fully saturated rings. The van der Waals surface area contributed by atoms with Gasteiger partial charge in [0.1, 0.15) is 0 Å². The number of carbonyl (C=O) groups excluding carboxylic acids is 1. The number of aromatic nitrogens is 2. The number of rotatable bonds is 6. The van der Waals surface area contributed by atoms with Crippen LogP contribution >= 0.6 is 0 Å². The van der Waals surface area contributed by atoms with Crippen molar-refractivity contribution in [2.24, 2.45) is 0 Å². The molecule has 0 aliphatic rings. The van der Waals surface area contributed by atoms with Gasteiger partial charge in [0.25, 0.3) is 0 Å². The zero-order chi connectivity index (χ0) is 18.4. The van der Waals surface area contributed by atoms with Crippen molar-refractivity contribution in [3.8, 4) is 17.2 Å². The Morgan fingerprint density at radius 2 is 1.85 bits per heavy atom. The van der Waals surface area contributed by atoms with Crippen molar-refractivity contribution in [2.45, 2.75) is 0 Å². The second-order valence-corrected chi connectivity index (χ2v) is 5.45. The van der Waals surface area contributed by atoms with Gasteiger partial charge < -0.3 is 14.8 Å². The first-order valence-corrected chi connectivity index (χ1v) is 8.01. The van der Waals surface area contributed by atoms with Crippen molar-refractivity contribution in [3.63, 3.8) is 0 Å². The van der Waals surface area contributed by atoms with E-state index in [2.05, 4.69) is 10.4 Å². The number of hydrogen-bond donors (Lipinski definition) is 1. The molecule has 1 aromatic heterocycles. The van der Waals surface area contributed by atoms with Crippen LogP contribution in [0.15, 0.2) is 67.0 Å². The largest absolute Gasteiger partial charge is 0.493 e. The number of anilines is 1. The van der Waals surface area contributed by atoms with Crippen molar-refractivity contribution >= 4 is 17.7 Å². The fourth-order valence-electron chi connectivity index (χ4n) is 2.41. The average molecular weight is 349 g/mol. The van der Waals surface area contributed by atoms with Crippen LogP contribution < -0.4 is 14.8 Å². The minimum atomic E-state index is -0.246. The van der Waals surface area contributed by atoms with E-state index in [0.29, 0.717) is 17.2 Å². The maximum absolute atomic E-state index is 12.1. The van der Waals surface area contributed by atoms with Gasteiger partial charge in [0.05, 0.1) is 26.1 Å². The molecular weight excluding hydrogens is 330 g/mol. The predicted molar refractivity (Wildman–Crippen MR) is 101 cm³/mol. The molecule has 0 unspecified atom stereocenters. The minimum Gasteiger partial charge on any atom is -0.493 e. The van der Waals surface area contributed by atoms with Gasteiger partial charge in [-0.1, -0.05) is 18.2 Å². The lowest BCUT2D eigenvalue weighted by atomic mass is 10.2. The minimum absolute atomic E-state index is 0.246. The van der Waals surface area contributed by atoms with Gasteiger partial charge in [-0.25, -0.2) is 4.68 Å². The first kappa shape index (κ1) is 17.3. The summed E-state index contributed by atoms with van der Waals surface area (Å²) in [6.45, 7) is 0. The lowest BCUT2D eigenvalue weighted by Gasteiger charge is -2.09. The Morgan fingerprint density at radius 1 is 1.08 bits per heavy atom. The molecule has 0 saturated carbocycles. The smallest absolute Gasteiger partial charge is 0.248 e. The number of benzene rings is 2. The third-order valence-corrected chi connectivity index (χ3v) is 3.70. The van der Waals surface area contributed by atoms with Gasteiger partial charge in [-0.05, 0) is 30.3 Å². The van der Waals surface area contributed by atoms with Gasteiger partial charge in [-0.2, -0.15) is 5.10 Å². The second kappa shape index (κ2) is 8.02. The summed E-state index contributed by atoms with van der Waals surface area (Å²) in [7, 11) is 3.11. The Kier molecular flexibility index (Phi) is 5.34. The monoisotopic (exact) mass is 349 g/mol. The molecule has 0 bridgehead atoms. The highest BCUT2D eigenvalue weighted by Gasteiger charge is 2.06. The lowest BCUT2D eigenvalue weighted by molar-refractivity contribution is -0.111. The van der Waals surface area contributed by atoms with Crippen molar-refractivity contribution in [1.29, 1.82) is 0 Å². The molecule has 1 amide bonds. The highest BCUT2D eigenvalue weighted by Crippen LogP contribution is 2.29. The van der Waals surface area contributed by atoms with Crippen molar-refractivity contribution in [2.75, 3.05) is 19.5 Å². The number of hydrogen-bond acceptors (Lipinski definition) is 4. The number of amides is 1. The summed E-state index contributed by atoms with van der Waals surface area (Å²) in [5, 5.41) is 7.08. The molecule has 1 heterocycles. The van der Waals surface area contributed by atoms with E-state index in [1.807, 2.05) is 36.5 Å². The van der Waals surface area contributed by atoms with Crippen LogP contribution in [0.4, 0.5) is 5.69 Å². The standard InChI is InChI=1S/C20H19N3O3/c1-25-18-10-9-16(12-19(18)26-2)22-20(24)11-8-15-13-21-23(14-15)17-6-4-3-5-7-17/h3-14H,1-2H3,(H,22,24)/b11-8+. The maximum atomic E-state index is 12.1. The summed E-state index contributed by atoms with van der Waals surface area (Å²) in [4.78, 5) is 12.1. The Balaban J connectivity index is 1.66. The summed E-state index contributed by atoms with van der Waals surface area (Å²) in [6.07, 6.45) is 6.73. The van der Waals surface area contributed by atoms with Crippen LogP contribution in [-0.4, -0.2) is 29.9 Å². The fraction of sp³-hybridized carbons (Fsp3) is 0.100. The zero-order valence-electron chi connectivity index (χ0n) is 14.5. The van der Waals surface area contributed by atoms with Gasteiger partial charge >= 0.3 is 0 Å². The molecule has 0 aliphatic heterocycles. The molecule has 0 atom stereocenters. The van der Waals surface area contributed by atoms with Crippen LogP contribution in [0.2, 0.25) is 0 Å². The van der Waals surface area contributed by atoms with E-state index in [-0.39, 0.29) is 5.91 Å². The van der Waals surface area contributed by atoms with Crippen LogP contribution in [-0.2, 0) is 4.79 Å². The quantitative estimate of drug-likeness (QED) is 0.691. The Hall–Kier alpha value is -3.54. The van der Waals surface area contributed by atoms with E-state index < -0.39 is 0 Å². The van der Waals surface area contributed by atoms with Crippen LogP contribution in [0.5, 0.6) is 11.5 Å². The van der Waals surface area contributed by atoms with Crippen molar-refractivity contribution in [1.82, 2.24) is 9.78 Å². The van der Waals surface area contributed by atoms with E-state index in [9.17, 15) is 4.79 Å². The van der Waals surface area contributed by atoms with Crippen LogP contribution in [0, 0.1) is 0 Å². The van der Waals surface area contributed by atoms with Crippen LogP contribution in [0.1, 0.15) is 5.56 Å². The molecule has 2 aromatic carbocycles. The summed E-state index contributed by atoms with van der Waals surface area (Å²) in [5.41, 5.74) is 2.41. The van der Waals surface area contributed by atoms with E-state index in [1.54, 1.807) is 49.4 Å². The van der Waals surface area contributed by atoms with Crippen molar-refractivity contribution in [3.05, 3.63) is 72.6 Å². The van der Waals surface area contributed by atoms with Crippen LogP contribution in [0.3, 0.4) is 0 Å². The second-order valence-electron chi connectivity index (χ2n) is 5.45. The average Bonchev–Trinajstić information content (AvgIpc) is 3.16. The Bertz CT molecular complexity index is 917. The first-order chi connectivity index (χ1) is 12.7. The van der Waals surface area contributed by atoms with Gasteiger partial charge in [-0.3, -0.25) is 4.79 Å². The highest BCUT2D eigenvalue weighted by atomic mass is 16.5. The topological polar surface area (TPSA) is 65.4 Å². The summed E-state index contributed by atoms with van der Waals surface area (Å²) < 4.78 is 12.2. The number of nitrogens with one attached hydrogen (secondary N) is 1. The zero-order valence-corrected chi connectivity index (χ0v) is 14.5. The summed E-state index contributed by atoms with van der Waals surface area (Å²) in [6, 6.07) is 15.0. The van der Waals surface area contributed by atoms with Gasteiger partial charge in [0.15, 0.2) is 11.5 Å². The van der Waals surface area contributed by atoms with Gasteiger partial charge in [-0.15, -0.1) is 0 Å². The van der Waals surface area contributed by atoms with Gasteiger partial charge in [0, 0.05) is 29.6 Å². The molecule has 6 nitrogen and oxygen atoms in total. The molecule has 26 heavy (non-hydrogen) atoms. The van der Waals surface area contributed by atoms with E-state index in [0.717, 1.165) is 11.3 Å². The number of methoxy groups -OCH3 is 2. The summed E-state index contributed by atoms with van der Waals surface area (Å²) in [5.74, 6) is 0.914. The molecule has 6 heteroatoms. The SMILES string of the molecule is COc1ccc(NC(=O)/C=C/c2cnn(-c3ccccc3)c2)cc1OC. The first-order valence-electron chi connectivity index (χ1n) is 8.01. The number of ether oxygens (including phenoxy) is 2. The Labute approximate surface area is 151 Å². The third kappa shape index (κ3) is 4.10.